The first-order valence-corrected chi connectivity index (χ1v) is 20.6. The molecule has 3 saturated heterocycles. The van der Waals surface area contributed by atoms with E-state index in [0.717, 1.165) is 89.0 Å². The van der Waals surface area contributed by atoms with Gasteiger partial charge in [-0.25, -0.2) is 4.79 Å². The monoisotopic (exact) mass is 716 g/mol. The summed E-state index contributed by atoms with van der Waals surface area (Å²) in [7, 11) is 0. The van der Waals surface area contributed by atoms with Crippen LogP contribution in [-0.4, -0.2) is 90.0 Å². The number of carbonyl (C=O) groups is 1. The summed E-state index contributed by atoms with van der Waals surface area (Å²) in [5.74, 6) is 1.46. The van der Waals surface area contributed by atoms with Crippen LogP contribution >= 0.6 is 0 Å². The Hall–Kier alpha value is -1.11. The molecule has 0 aromatic rings. The van der Waals surface area contributed by atoms with Crippen LogP contribution in [-0.2, 0) is 38.0 Å². The van der Waals surface area contributed by atoms with Crippen molar-refractivity contribution < 1.29 is 48.2 Å². The third kappa shape index (κ3) is 6.68. The summed E-state index contributed by atoms with van der Waals surface area (Å²) in [5.41, 5.74) is 0.449. The van der Waals surface area contributed by atoms with Gasteiger partial charge in [0.25, 0.3) is 0 Å². The zero-order valence-corrected chi connectivity index (χ0v) is 31.6. The molecule has 8 rings (SSSR count). The Bertz CT molecular complexity index is 1310. The number of aliphatic hydroxyl groups is 2. The molecule has 2 N–H and O–H groups in total. The molecule has 17 atom stereocenters. The van der Waals surface area contributed by atoms with Crippen LogP contribution in [0.3, 0.4) is 0 Å². The van der Waals surface area contributed by atoms with Gasteiger partial charge < -0.3 is 43.4 Å². The van der Waals surface area contributed by atoms with Gasteiger partial charge in [-0.15, -0.1) is 0 Å². The lowest BCUT2D eigenvalue weighted by Crippen LogP contribution is -2.62. The Kier molecular flexibility index (Phi) is 10.3. The minimum atomic E-state index is -0.677. The third-order valence-corrected chi connectivity index (χ3v) is 15.7. The molecule has 8 aliphatic rings. The lowest BCUT2D eigenvalue weighted by Gasteiger charge is -2.63. The predicted octanol–water partition coefficient (Wildman–Crippen LogP) is 6.33. The largest absolute Gasteiger partial charge is 0.458 e. The molecule has 4 aliphatic carbocycles. The zero-order valence-electron chi connectivity index (χ0n) is 31.6. The summed E-state index contributed by atoms with van der Waals surface area (Å²) >= 11 is 0. The molecule has 0 aromatic heterocycles. The molecule has 51 heavy (non-hydrogen) atoms. The van der Waals surface area contributed by atoms with Gasteiger partial charge in [0.1, 0.15) is 6.61 Å². The summed E-state index contributed by atoms with van der Waals surface area (Å²) in [4.78, 5) is 11.9. The second kappa shape index (κ2) is 14.2. The smallest absolute Gasteiger partial charge is 0.331 e. The van der Waals surface area contributed by atoms with Crippen molar-refractivity contribution in [3.63, 3.8) is 0 Å². The summed E-state index contributed by atoms with van der Waals surface area (Å²) in [5, 5.41) is 22.5. The van der Waals surface area contributed by atoms with Gasteiger partial charge in [-0.1, -0.05) is 13.8 Å². The molecule has 0 aromatic carbocycles. The van der Waals surface area contributed by atoms with Crippen molar-refractivity contribution in [1.82, 2.24) is 0 Å². The van der Waals surface area contributed by atoms with Crippen LogP contribution in [0.1, 0.15) is 131 Å². The van der Waals surface area contributed by atoms with Crippen molar-refractivity contribution >= 4 is 5.97 Å². The van der Waals surface area contributed by atoms with E-state index in [1.165, 1.54) is 0 Å². The van der Waals surface area contributed by atoms with Gasteiger partial charge in [0.05, 0.1) is 48.3 Å². The fourth-order valence-electron chi connectivity index (χ4n) is 12.6. The fraction of sp³-hybridized carbons (Fsp3) is 0.927. The highest BCUT2D eigenvalue weighted by Gasteiger charge is 2.67. The quantitative estimate of drug-likeness (QED) is 0.228. The third-order valence-electron chi connectivity index (χ3n) is 15.7. The van der Waals surface area contributed by atoms with Crippen molar-refractivity contribution in [1.29, 1.82) is 0 Å². The topological polar surface area (TPSA) is 122 Å². The van der Waals surface area contributed by atoms with E-state index in [1.807, 2.05) is 13.8 Å². The van der Waals surface area contributed by atoms with Gasteiger partial charge in [0.15, 0.2) is 18.9 Å². The highest BCUT2D eigenvalue weighted by atomic mass is 16.7. The summed E-state index contributed by atoms with van der Waals surface area (Å²) < 4.78 is 43.3. The number of rotatable bonds is 7. The second-order valence-electron chi connectivity index (χ2n) is 18.3. The van der Waals surface area contributed by atoms with Crippen molar-refractivity contribution in [2.75, 3.05) is 6.61 Å². The molecule has 0 spiro atoms. The normalized spacial score (nSPS) is 53.1. The molecule has 4 saturated carbocycles. The number of ether oxygens (including phenoxy) is 7. The predicted molar refractivity (Wildman–Crippen MR) is 187 cm³/mol. The maximum absolute atomic E-state index is 12.6. The van der Waals surface area contributed by atoms with Crippen molar-refractivity contribution in [2.24, 2.45) is 34.5 Å². The Morgan fingerprint density at radius 3 is 1.98 bits per heavy atom. The molecular weight excluding hydrogens is 652 g/mol. The SMILES string of the molecule is C[C@H]1O[C@H](O[C@H]2CC[C@@]3(C)[C@H](CC[C@@H]4[C@@H]3CC[C@]3(C)[C@@H](C5=CC(=O)OC5)CC[C@]43O)C2)CC[C@@H]1O[C@@H]1CC[C@H](O[C@@H]2CC[C@H](O)[C@@H](C)O2)[C@@H](C)O1. The minimum absolute atomic E-state index is 0.0376. The number of aliphatic hydroxyl groups excluding tert-OH is 1. The number of hydrogen-bond donors (Lipinski definition) is 2. The van der Waals surface area contributed by atoms with E-state index in [0.29, 0.717) is 37.2 Å². The molecule has 288 valence electrons. The number of hydrogen-bond acceptors (Lipinski definition) is 10. The fourth-order valence-corrected chi connectivity index (χ4v) is 12.6. The summed E-state index contributed by atoms with van der Waals surface area (Å²) in [6.07, 6.45) is 14.3. The van der Waals surface area contributed by atoms with E-state index in [-0.39, 0.29) is 78.2 Å². The van der Waals surface area contributed by atoms with Gasteiger partial charge in [0.2, 0.25) is 0 Å². The van der Waals surface area contributed by atoms with Crippen molar-refractivity contribution in [3.05, 3.63) is 11.6 Å². The van der Waals surface area contributed by atoms with E-state index < -0.39 is 11.7 Å². The van der Waals surface area contributed by atoms with Crippen LogP contribution in [0.2, 0.25) is 0 Å². The maximum atomic E-state index is 12.6. The lowest BCUT2D eigenvalue weighted by molar-refractivity contribution is -0.307. The van der Waals surface area contributed by atoms with Crippen LogP contribution < -0.4 is 0 Å². The average Bonchev–Trinajstić information content (AvgIpc) is 3.64. The van der Waals surface area contributed by atoms with Crippen LogP contribution in [0.5, 0.6) is 0 Å². The standard InChI is InChI=1S/C41H64O10/c1-23-32(42)8-11-37(46-23)50-34-10-13-38(48-25(34)3)51-33-9-12-36(47-24(33)2)49-28-14-17-39(4)27(21-28)6-7-31-30(39)15-18-40(5)29(16-19-41(31,40)44)26-20-35(43)45-22-26/h20,23-25,27-34,36-38,42,44H,6-19,21-22H2,1-5H3/t23-,24-,25-,27-,28+,29-,30+,31-,32+,33+,34+,36-,37-,38-,39+,40-,41+/m1/s1. The highest BCUT2D eigenvalue weighted by Crippen LogP contribution is 2.70. The molecule has 10 heteroatoms. The van der Waals surface area contributed by atoms with E-state index >= 15 is 0 Å². The van der Waals surface area contributed by atoms with Gasteiger partial charge in [-0.2, -0.15) is 0 Å². The van der Waals surface area contributed by atoms with Gasteiger partial charge in [-0.3, -0.25) is 0 Å². The first-order valence-electron chi connectivity index (χ1n) is 20.6. The van der Waals surface area contributed by atoms with Crippen molar-refractivity contribution in [3.8, 4) is 0 Å². The number of carbonyl (C=O) groups excluding carboxylic acids is 1. The minimum Gasteiger partial charge on any atom is -0.458 e. The number of cyclic esters (lactones) is 1. The van der Waals surface area contributed by atoms with Crippen molar-refractivity contribution in [2.45, 2.75) is 198 Å². The van der Waals surface area contributed by atoms with Crippen LogP contribution in [0.15, 0.2) is 11.6 Å². The second-order valence-corrected chi connectivity index (χ2v) is 18.3. The maximum Gasteiger partial charge on any atom is 0.331 e. The Morgan fingerprint density at radius 2 is 1.35 bits per heavy atom. The molecule has 0 unspecified atom stereocenters. The highest BCUT2D eigenvalue weighted by molar-refractivity contribution is 5.85. The summed E-state index contributed by atoms with van der Waals surface area (Å²) in [6.45, 7) is 11.3. The molecular formula is C41H64O10. The van der Waals surface area contributed by atoms with E-state index in [4.69, 9.17) is 33.2 Å². The first-order chi connectivity index (χ1) is 24.4. The molecule has 4 heterocycles. The van der Waals surface area contributed by atoms with Gasteiger partial charge in [0, 0.05) is 30.8 Å². The Balaban J connectivity index is 0.804. The number of fused-ring (bicyclic) bond motifs is 5. The van der Waals surface area contributed by atoms with E-state index in [2.05, 4.69) is 20.8 Å². The van der Waals surface area contributed by atoms with E-state index in [9.17, 15) is 15.0 Å². The Morgan fingerprint density at radius 1 is 0.706 bits per heavy atom. The molecule has 0 bridgehead atoms. The molecule has 4 aliphatic heterocycles. The lowest BCUT2D eigenvalue weighted by atomic mass is 9.43. The Labute approximate surface area is 304 Å². The molecule has 10 nitrogen and oxygen atoms in total. The average molecular weight is 717 g/mol. The number of esters is 1. The molecule has 7 fully saturated rings. The van der Waals surface area contributed by atoms with Crippen LogP contribution in [0, 0.1) is 34.5 Å². The first kappa shape index (κ1) is 36.8. The van der Waals surface area contributed by atoms with Crippen LogP contribution in [0.25, 0.3) is 0 Å². The van der Waals surface area contributed by atoms with E-state index in [1.54, 1.807) is 6.08 Å². The van der Waals surface area contributed by atoms with Gasteiger partial charge in [-0.05, 0) is 132 Å². The molecule has 0 radical (unpaired) electrons. The van der Waals surface area contributed by atoms with Crippen LogP contribution in [0.4, 0.5) is 0 Å². The molecule has 0 amide bonds. The summed E-state index contributed by atoms with van der Waals surface area (Å²) in [6, 6.07) is 0. The van der Waals surface area contributed by atoms with Gasteiger partial charge >= 0.3 is 5.97 Å². The zero-order chi connectivity index (χ0) is 35.7.